The van der Waals surface area contributed by atoms with E-state index in [4.69, 9.17) is 5.11 Å². The Morgan fingerprint density at radius 2 is 2.27 bits per heavy atom. The normalized spacial score (nSPS) is 9.20. The second-order valence-electron chi connectivity index (χ2n) is 2.51. The highest BCUT2D eigenvalue weighted by atomic mass is 19.1. The first-order valence-corrected chi connectivity index (χ1v) is 3.79. The second-order valence-corrected chi connectivity index (χ2v) is 2.51. The Bertz CT molecular complexity index is 452. The number of aliphatic imine (C=N–C) groups is 1. The summed E-state index contributed by atoms with van der Waals surface area (Å²) in [6.07, 6.45) is 1.15. The third-order valence-electron chi connectivity index (χ3n) is 1.67. The van der Waals surface area contributed by atoms with Crippen LogP contribution in [0.2, 0.25) is 0 Å². The number of isocyanates is 1. The lowest BCUT2D eigenvalue weighted by atomic mass is 10.1. The molecule has 1 N–H and O–H groups in total. The molecule has 1 aromatic rings. The fraction of sp³-hybridized carbons (Fsp3) is 0.111. The molecule has 15 heavy (non-hydrogen) atoms. The van der Waals surface area contributed by atoms with Crippen LogP contribution in [0.1, 0.15) is 10.4 Å². The number of carbonyl (C=O) groups excluding carboxylic acids is 1. The van der Waals surface area contributed by atoms with Crippen LogP contribution in [0.3, 0.4) is 0 Å². The number of halogens is 1. The van der Waals surface area contributed by atoms with Crippen molar-refractivity contribution in [1.82, 2.24) is 0 Å². The van der Waals surface area contributed by atoms with Gasteiger partial charge in [0, 0.05) is 6.07 Å². The Labute approximate surface area is 83.8 Å². The van der Waals surface area contributed by atoms with Crippen LogP contribution in [0, 0.1) is 5.82 Å². The number of carbonyl (C=O) groups is 1. The average Bonchev–Trinajstić information content (AvgIpc) is 2.18. The quantitative estimate of drug-likeness (QED) is 0.607. The van der Waals surface area contributed by atoms with Crippen molar-refractivity contribution in [2.24, 2.45) is 4.99 Å². The smallest absolute Gasteiger partial charge is 0.338 e. The number of hydrogen-bond acceptors (Lipinski definition) is 4. The maximum atomic E-state index is 13.1. The molecule has 0 unspecified atom stereocenters. The summed E-state index contributed by atoms with van der Waals surface area (Å²) in [6.45, 7) is 0. The maximum absolute atomic E-state index is 13.1. The van der Waals surface area contributed by atoms with Crippen molar-refractivity contribution in [1.29, 1.82) is 0 Å². The Kier molecular flexibility index (Phi) is 3.15. The molecular weight excluding hydrogens is 205 g/mol. The number of aromatic carboxylic acids is 1. The monoisotopic (exact) mass is 211 g/mol. The molecular formula is C9H6FNO4. The van der Waals surface area contributed by atoms with Crippen LogP contribution in [0.4, 0.5) is 10.1 Å². The molecule has 0 amide bonds. The van der Waals surface area contributed by atoms with Crippen LogP contribution < -0.4 is 4.74 Å². The lowest BCUT2D eigenvalue weighted by molar-refractivity contribution is 0.0697. The van der Waals surface area contributed by atoms with Crippen molar-refractivity contribution in [2.45, 2.75) is 0 Å². The first kappa shape index (κ1) is 10.9. The zero-order valence-corrected chi connectivity index (χ0v) is 7.65. The van der Waals surface area contributed by atoms with Gasteiger partial charge in [-0.25, -0.2) is 14.0 Å². The maximum Gasteiger partial charge on any atom is 0.338 e. The highest BCUT2D eigenvalue weighted by molar-refractivity contribution is 5.94. The predicted octanol–water partition coefficient (Wildman–Crippen LogP) is 1.50. The zero-order valence-electron chi connectivity index (χ0n) is 7.65. The van der Waals surface area contributed by atoms with Crippen molar-refractivity contribution in [3.63, 3.8) is 0 Å². The summed E-state index contributed by atoms with van der Waals surface area (Å²) in [5, 5.41) is 8.74. The van der Waals surface area contributed by atoms with E-state index in [1.807, 2.05) is 0 Å². The molecule has 1 rings (SSSR count). The van der Waals surface area contributed by atoms with E-state index >= 15 is 0 Å². The van der Waals surface area contributed by atoms with Gasteiger partial charge >= 0.3 is 5.97 Å². The van der Waals surface area contributed by atoms with E-state index in [0.29, 0.717) is 0 Å². The first-order chi connectivity index (χ1) is 7.10. The highest BCUT2D eigenvalue weighted by Crippen LogP contribution is 2.27. The minimum absolute atomic E-state index is 0.225. The Balaban J connectivity index is 3.44. The van der Waals surface area contributed by atoms with Gasteiger partial charge in [0.1, 0.15) is 0 Å². The fourth-order valence-electron chi connectivity index (χ4n) is 1.01. The molecule has 5 nitrogen and oxygen atoms in total. The minimum Gasteiger partial charge on any atom is -0.494 e. The molecule has 1 aromatic carbocycles. The van der Waals surface area contributed by atoms with Crippen molar-refractivity contribution in [3.05, 3.63) is 23.5 Å². The molecule has 0 spiro atoms. The van der Waals surface area contributed by atoms with E-state index < -0.39 is 11.8 Å². The molecule has 0 fully saturated rings. The van der Waals surface area contributed by atoms with Gasteiger partial charge in [-0.05, 0) is 6.07 Å². The van der Waals surface area contributed by atoms with Gasteiger partial charge in [-0.15, -0.1) is 0 Å². The fourth-order valence-corrected chi connectivity index (χ4v) is 1.01. The van der Waals surface area contributed by atoms with E-state index in [0.717, 1.165) is 18.2 Å². The molecule has 0 radical (unpaired) electrons. The average molecular weight is 211 g/mol. The number of benzene rings is 1. The number of ether oxygens (including phenoxy) is 1. The topological polar surface area (TPSA) is 76.0 Å². The number of carboxylic acid groups (broad SMARTS) is 1. The summed E-state index contributed by atoms with van der Waals surface area (Å²) in [4.78, 5) is 23.8. The standard InChI is InChI=1S/C9H6FNO4/c1-15-8-2-5(9(13)14)7(11-4-12)3-6(8)10/h2-3H,1H3,(H,13,14). The van der Waals surface area contributed by atoms with Crippen LogP contribution >= 0.6 is 0 Å². The Morgan fingerprint density at radius 1 is 1.60 bits per heavy atom. The van der Waals surface area contributed by atoms with Gasteiger partial charge in [0.05, 0.1) is 18.4 Å². The number of hydrogen-bond donors (Lipinski definition) is 1. The molecule has 0 aromatic heterocycles. The molecule has 0 saturated heterocycles. The van der Waals surface area contributed by atoms with Gasteiger partial charge < -0.3 is 9.84 Å². The predicted molar refractivity (Wildman–Crippen MR) is 47.7 cm³/mol. The van der Waals surface area contributed by atoms with E-state index in [2.05, 4.69) is 9.73 Å². The second kappa shape index (κ2) is 4.34. The summed E-state index contributed by atoms with van der Waals surface area (Å²) < 4.78 is 17.7. The third kappa shape index (κ3) is 2.18. The third-order valence-corrected chi connectivity index (χ3v) is 1.67. The molecule has 78 valence electrons. The molecule has 0 atom stereocenters. The van der Waals surface area contributed by atoms with E-state index in [9.17, 15) is 14.0 Å². The van der Waals surface area contributed by atoms with Crippen LogP contribution in [0.25, 0.3) is 0 Å². The molecule has 0 aliphatic carbocycles. The van der Waals surface area contributed by atoms with E-state index in [1.165, 1.54) is 7.11 Å². The van der Waals surface area contributed by atoms with Crippen molar-refractivity contribution < 1.29 is 23.8 Å². The van der Waals surface area contributed by atoms with Crippen molar-refractivity contribution in [3.8, 4) is 5.75 Å². The molecule has 0 saturated carbocycles. The largest absolute Gasteiger partial charge is 0.494 e. The lowest BCUT2D eigenvalue weighted by Crippen LogP contribution is -1.99. The van der Waals surface area contributed by atoms with Gasteiger partial charge in [-0.3, -0.25) is 0 Å². The first-order valence-electron chi connectivity index (χ1n) is 3.79. The van der Waals surface area contributed by atoms with Crippen LogP contribution in [-0.2, 0) is 4.79 Å². The van der Waals surface area contributed by atoms with Gasteiger partial charge in [0.25, 0.3) is 0 Å². The minimum atomic E-state index is -1.33. The van der Waals surface area contributed by atoms with Crippen molar-refractivity contribution in [2.75, 3.05) is 7.11 Å². The van der Waals surface area contributed by atoms with Crippen LogP contribution in [-0.4, -0.2) is 24.3 Å². The van der Waals surface area contributed by atoms with Gasteiger partial charge in [0.2, 0.25) is 6.08 Å². The molecule has 0 heterocycles. The van der Waals surface area contributed by atoms with Crippen LogP contribution in [0.5, 0.6) is 5.75 Å². The summed E-state index contributed by atoms with van der Waals surface area (Å²) in [7, 11) is 1.20. The summed E-state index contributed by atoms with van der Waals surface area (Å²) in [5.74, 6) is -2.35. The molecule has 0 aliphatic rings. The van der Waals surface area contributed by atoms with Gasteiger partial charge in [0.15, 0.2) is 11.6 Å². The Morgan fingerprint density at radius 3 is 2.73 bits per heavy atom. The summed E-state index contributed by atoms with van der Waals surface area (Å²) in [6, 6.07) is 1.75. The van der Waals surface area contributed by atoms with Gasteiger partial charge in [-0.1, -0.05) is 0 Å². The van der Waals surface area contributed by atoms with Gasteiger partial charge in [-0.2, -0.15) is 4.99 Å². The molecule has 0 aliphatic heterocycles. The molecule has 0 bridgehead atoms. The number of carboxylic acids is 1. The van der Waals surface area contributed by atoms with E-state index in [-0.39, 0.29) is 17.0 Å². The summed E-state index contributed by atoms with van der Waals surface area (Å²) in [5.41, 5.74) is -0.618. The van der Waals surface area contributed by atoms with Crippen LogP contribution in [0.15, 0.2) is 17.1 Å². The SMILES string of the molecule is COc1cc(C(=O)O)c(N=C=O)cc1F. The van der Waals surface area contributed by atoms with Crippen molar-refractivity contribution >= 4 is 17.7 Å². The lowest BCUT2D eigenvalue weighted by Gasteiger charge is -2.04. The van der Waals surface area contributed by atoms with E-state index in [1.54, 1.807) is 0 Å². The molecule has 6 heteroatoms. The summed E-state index contributed by atoms with van der Waals surface area (Å²) >= 11 is 0. The number of rotatable bonds is 3. The highest BCUT2D eigenvalue weighted by Gasteiger charge is 2.15. The zero-order chi connectivity index (χ0) is 11.4. The Hall–Kier alpha value is -2.20. The number of methoxy groups -OCH3 is 1. The number of nitrogens with zero attached hydrogens (tertiary/aromatic N) is 1.